The largest absolute Gasteiger partial charge is 0.491 e. The van der Waals surface area contributed by atoms with E-state index in [0.29, 0.717) is 17.9 Å². The molecule has 0 aliphatic carbocycles. The second-order valence-electron chi connectivity index (χ2n) is 4.99. The van der Waals surface area contributed by atoms with Crippen LogP contribution in [0.3, 0.4) is 0 Å². The second-order valence-corrected chi connectivity index (χ2v) is 4.99. The van der Waals surface area contributed by atoms with Crippen LogP contribution in [-0.2, 0) is 4.79 Å². The summed E-state index contributed by atoms with van der Waals surface area (Å²) in [5.74, 6) is -0.537. The van der Waals surface area contributed by atoms with Gasteiger partial charge >= 0.3 is 5.97 Å². The van der Waals surface area contributed by atoms with E-state index < -0.39 is 10.9 Å². The number of benzene rings is 1. The van der Waals surface area contributed by atoms with Crippen molar-refractivity contribution in [2.45, 2.75) is 45.8 Å². The fourth-order valence-electron chi connectivity index (χ4n) is 1.86. The highest BCUT2D eigenvalue weighted by atomic mass is 16.6. The summed E-state index contributed by atoms with van der Waals surface area (Å²) in [6, 6.07) is 4.06. The third-order valence-corrected chi connectivity index (χ3v) is 2.76. The van der Waals surface area contributed by atoms with Gasteiger partial charge in [-0.15, -0.1) is 0 Å². The summed E-state index contributed by atoms with van der Waals surface area (Å²) in [7, 11) is 0. The van der Waals surface area contributed by atoms with E-state index in [2.05, 4.69) is 5.32 Å². The normalized spacial score (nSPS) is 12.0. The van der Waals surface area contributed by atoms with Gasteiger partial charge in [0, 0.05) is 23.9 Å². The van der Waals surface area contributed by atoms with Gasteiger partial charge < -0.3 is 15.2 Å². The number of anilines is 1. The van der Waals surface area contributed by atoms with E-state index >= 15 is 0 Å². The Hall–Kier alpha value is -2.31. The molecule has 1 rings (SSSR count). The van der Waals surface area contributed by atoms with Gasteiger partial charge in [0.2, 0.25) is 0 Å². The van der Waals surface area contributed by atoms with Gasteiger partial charge in [-0.1, -0.05) is 6.92 Å². The van der Waals surface area contributed by atoms with Crippen LogP contribution in [0.15, 0.2) is 18.2 Å². The molecular weight excluding hydrogens is 276 g/mol. The van der Waals surface area contributed by atoms with Crippen LogP contribution in [0.5, 0.6) is 5.75 Å². The molecule has 0 heterocycles. The molecule has 0 saturated heterocycles. The van der Waals surface area contributed by atoms with E-state index in [1.165, 1.54) is 12.1 Å². The van der Waals surface area contributed by atoms with Crippen molar-refractivity contribution in [3.63, 3.8) is 0 Å². The van der Waals surface area contributed by atoms with Gasteiger partial charge in [0.15, 0.2) is 0 Å². The quantitative estimate of drug-likeness (QED) is 0.564. The molecule has 0 saturated carbocycles. The average Bonchev–Trinajstić information content (AvgIpc) is 2.36. The molecule has 116 valence electrons. The minimum Gasteiger partial charge on any atom is -0.491 e. The maximum Gasteiger partial charge on any atom is 0.305 e. The number of carbonyl (C=O) groups is 1. The zero-order chi connectivity index (χ0) is 16.0. The summed E-state index contributed by atoms with van der Waals surface area (Å²) >= 11 is 0. The lowest BCUT2D eigenvalue weighted by Crippen LogP contribution is -2.22. The number of ether oxygens (including phenoxy) is 1. The highest BCUT2D eigenvalue weighted by molar-refractivity contribution is 5.68. The predicted octanol–water partition coefficient (Wildman–Crippen LogP) is 3.05. The molecule has 2 N–H and O–H groups in total. The summed E-state index contributed by atoms with van der Waals surface area (Å²) in [6.45, 7) is 5.50. The zero-order valence-electron chi connectivity index (χ0n) is 12.3. The summed E-state index contributed by atoms with van der Waals surface area (Å²) in [4.78, 5) is 21.2. The van der Waals surface area contributed by atoms with E-state index in [9.17, 15) is 14.9 Å². The standard InChI is InChI=1S/C14H20N2O5/c1-4-10(7-14(17)18)15-11-5-12(16(19)20)8-13(6-11)21-9(2)3/h5-6,8-10,15H,4,7H2,1-3H3,(H,17,18). The highest BCUT2D eigenvalue weighted by Crippen LogP contribution is 2.27. The molecule has 7 heteroatoms. The number of non-ortho nitro benzene ring substituents is 1. The van der Waals surface area contributed by atoms with Crippen molar-refractivity contribution in [3.05, 3.63) is 28.3 Å². The lowest BCUT2D eigenvalue weighted by atomic mass is 10.1. The first-order valence-electron chi connectivity index (χ1n) is 6.76. The first-order chi connectivity index (χ1) is 9.81. The monoisotopic (exact) mass is 296 g/mol. The zero-order valence-corrected chi connectivity index (χ0v) is 12.3. The van der Waals surface area contributed by atoms with Gasteiger partial charge in [0.1, 0.15) is 5.75 Å². The Kier molecular flexibility index (Phi) is 5.95. The van der Waals surface area contributed by atoms with E-state index in [4.69, 9.17) is 9.84 Å². The Balaban J connectivity index is 3.01. The van der Waals surface area contributed by atoms with Gasteiger partial charge in [0.25, 0.3) is 5.69 Å². The van der Waals surface area contributed by atoms with Crippen molar-refractivity contribution < 1.29 is 19.6 Å². The topological polar surface area (TPSA) is 102 Å². The first kappa shape index (κ1) is 16.7. The number of nitrogens with zero attached hydrogens (tertiary/aromatic N) is 1. The van der Waals surface area contributed by atoms with Crippen LogP contribution < -0.4 is 10.1 Å². The number of nitrogens with one attached hydrogen (secondary N) is 1. The first-order valence-corrected chi connectivity index (χ1v) is 6.76. The van der Waals surface area contributed by atoms with Crippen LogP contribution in [-0.4, -0.2) is 28.1 Å². The van der Waals surface area contributed by atoms with Gasteiger partial charge in [0.05, 0.1) is 23.5 Å². The molecule has 0 spiro atoms. The van der Waals surface area contributed by atoms with Crippen LogP contribution >= 0.6 is 0 Å². The number of nitro groups is 1. The number of hydrogen-bond donors (Lipinski definition) is 2. The lowest BCUT2D eigenvalue weighted by Gasteiger charge is -2.17. The van der Waals surface area contributed by atoms with Crippen molar-refractivity contribution in [2.24, 2.45) is 0 Å². The lowest BCUT2D eigenvalue weighted by molar-refractivity contribution is -0.384. The molecule has 0 amide bonds. The Morgan fingerprint density at radius 3 is 2.57 bits per heavy atom. The SMILES string of the molecule is CCC(CC(=O)O)Nc1cc(OC(C)C)cc([N+](=O)[O-])c1. The van der Waals surface area contributed by atoms with Crippen molar-refractivity contribution in [1.29, 1.82) is 0 Å². The molecule has 1 atom stereocenters. The summed E-state index contributed by atoms with van der Waals surface area (Å²) in [6.07, 6.45) is 0.426. The molecular formula is C14H20N2O5. The van der Waals surface area contributed by atoms with Gasteiger partial charge in [-0.05, 0) is 20.3 Å². The molecule has 7 nitrogen and oxygen atoms in total. The van der Waals surface area contributed by atoms with Crippen molar-refractivity contribution in [2.75, 3.05) is 5.32 Å². The Morgan fingerprint density at radius 1 is 1.43 bits per heavy atom. The molecule has 21 heavy (non-hydrogen) atoms. The maximum atomic E-state index is 11.0. The fraction of sp³-hybridized carbons (Fsp3) is 0.500. The van der Waals surface area contributed by atoms with Gasteiger partial charge in [-0.25, -0.2) is 0 Å². The molecule has 0 aliphatic heterocycles. The Labute approximate surface area is 123 Å². The summed E-state index contributed by atoms with van der Waals surface area (Å²) in [5, 5.41) is 22.8. The van der Waals surface area contributed by atoms with Crippen LogP contribution in [0.4, 0.5) is 11.4 Å². The summed E-state index contributed by atoms with van der Waals surface area (Å²) in [5.41, 5.74) is 0.383. The van der Waals surface area contributed by atoms with Crippen LogP contribution in [0.1, 0.15) is 33.6 Å². The van der Waals surface area contributed by atoms with Crippen LogP contribution in [0, 0.1) is 10.1 Å². The minimum atomic E-state index is -0.918. The van der Waals surface area contributed by atoms with Gasteiger partial charge in [-0.2, -0.15) is 0 Å². The van der Waals surface area contributed by atoms with E-state index in [1.54, 1.807) is 6.07 Å². The molecule has 0 bridgehead atoms. The molecule has 1 aromatic carbocycles. The number of carboxylic acid groups (broad SMARTS) is 1. The van der Waals surface area contributed by atoms with Crippen LogP contribution in [0.2, 0.25) is 0 Å². The smallest absolute Gasteiger partial charge is 0.305 e. The summed E-state index contributed by atoms with van der Waals surface area (Å²) < 4.78 is 5.48. The molecule has 0 aromatic heterocycles. The average molecular weight is 296 g/mol. The number of aliphatic carboxylic acids is 1. The third kappa shape index (κ3) is 5.68. The maximum absolute atomic E-state index is 11.0. The van der Waals surface area contributed by atoms with Crippen molar-refractivity contribution in [3.8, 4) is 5.75 Å². The number of nitro benzene ring substituents is 1. The number of hydrogen-bond acceptors (Lipinski definition) is 5. The highest BCUT2D eigenvalue weighted by Gasteiger charge is 2.15. The fourth-order valence-corrected chi connectivity index (χ4v) is 1.86. The van der Waals surface area contributed by atoms with E-state index in [0.717, 1.165) is 0 Å². The Morgan fingerprint density at radius 2 is 2.10 bits per heavy atom. The molecule has 1 unspecified atom stereocenters. The molecule has 0 fully saturated rings. The van der Waals surface area contributed by atoms with Crippen LogP contribution in [0.25, 0.3) is 0 Å². The second kappa shape index (κ2) is 7.47. The van der Waals surface area contributed by atoms with Crippen molar-refractivity contribution >= 4 is 17.3 Å². The number of rotatable bonds is 8. The third-order valence-electron chi connectivity index (χ3n) is 2.76. The predicted molar refractivity (Wildman–Crippen MR) is 78.8 cm³/mol. The minimum absolute atomic E-state index is 0.0560. The molecule has 0 aliphatic rings. The van der Waals surface area contributed by atoms with Gasteiger partial charge in [-0.3, -0.25) is 14.9 Å². The Bertz CT molecular complexity index is 516. The van der Waals surface area contributed by atoms with E-state index in [1.807, 2.05) is 20.8 Å². The van der Waals surface area contributed by atoms with Crippen molar-refractivity contribution in [1.82, 2.24) is 0 Å². The van der Waals surface area contributed by atoms with E-state index in [-0.39, 0.29) is 24.3 Å². The molecule has 1 aromatic rings. The number of carboxylic acids is 1. The molecule has 0 radical (unpaired) electrons.